The van der Waals surface area contributed by atoms with E-state index < -0.39 is 11.6 Å². The summed E-state index contributed by atoms with van der Waals surface area (Å²) in [5, 5.41) is 10.0. The summed E-state index contributed by atoms with van der Waals surface area (Å²) in [5.74, 6) is -0.612. The number of carbonyl (C=O) groups excluding carboxylic acids is 1. The first-order valence-corrected chi connectivity index (χ1v) is 12.2. The number of esters is 1. The highest BCUT2D eigenvalue weighted by atomic mass is 16.5. The van der Waals surface area contributed by atoms with Crippen LogP contribution in [0.3, 0.4) is 0 Å². The van der Waals surface area contributed by atoms with Crippen LogP contribution in [0, 0.1) is 0 Å². The van der Waals surface area contributed by atoms with Crippen molar-refractivity contribution in [2.45, 2.75) is 71.1 Å². The molecule has 1 aromatic heterocycles. The zero-order valence-corrected chi connectivity index (χ0v) is 20.1. The molecule has 5 nitrogen and oxygen atoms in total. The second kappa shape index (κ2) is 16.3. The van der Waals surface area contributed by atoms with Crippen LogP contribution in [0.1, 0.15) is 71.1 Å². The summed E-state index contributed by atoms with van der Waals surface area (Å²) < 4.78 is 10.3. The minimum absolute atomic E-state index is 0.00256. The van der Waals surface area contributed by atoms with Crippen LogP contribution in [0.25, 0.3) is 11.0 Å². The quantitative estimate of drug-likeness (QED) is 0.127. The molecular formula is C29H36O5. The molecule has 0 aliphatic heterocycles. The third-order valence-electron chi connectivity index (χ3n) is 5.12. The minimum atomic E-state index is -0.744. The van der Waals surface area contributed by atoms with Gasteiger partial charge in [-0.05, 0) is 63.1 Å². The smallest absolute Gasteiger partial charge is 0.379 e. The molecule has 0 spiro atoms. The van der Waals surface area contributed by atoms with Crippen LogP contribution < -0.4 is 10.4 Å². The lowest BCUT2D eigenvalue weighted by atomic mass is 10.2. The molecule has 0 fully saturated rings. The van der Waals surface area contributed by atoms with Gasteiger partial charge < -0.3 is 14.3 Å². The minimum Gasteiger partial charge on any atom is -0.508 e. The molecule has 1 N–H and O–H groups in total. The SMILES string of the molecule is CCCCC/C=C\C/C=C\C/C=C\C/C=C\CCCC(=O)Oc1cc2ccc(O)cc2oc1=O. The zero-order chi connectivity index (χ0) is 24.4. The van der Waals surface area contributed by atoms with Gasteiger partial charge in [-0.3, -0.25) is 4.79 Å². The van der Waals surface area contributed by atoms with Crippen molar-refractivity contribution in [3.05, 3.63) is 83.3 Å². The number of hydrogen-bond donors (Lipinski definition) is 1. The van der Waals surface area contributed by atoms with Crippen molar-refractivity contribution in [3.8, 4) is 11.5 Å². The van der Waals surface area contributed by atoms with Crippen LogP contribution in [0.5, 0.6) is 11.5 Å². The van der Waals surface area contributed by atoms with Crippen molar-refractivity contribution in [2.24, 2.45) is 0 Å². The normalized spacial score (nSPS) is 12.1. The van der Waals surface area contributed by atoms with Crippen molar-refractivity contribution in [3.63, 3.8) is 0 Å². The molecule has 0 aliphatic carbocycles. The predicted molar refractivity (Wildman–Crippen MR) is 138 cm³/mol. The molecule has 0 unspecified atom stereocenters. The fraction of sp³-hybridized carbons (Fsp3) is 0.379. The van der Waals surface area contributed by atoms with E-state index in [-0.39, 0.29) is 23.5 Å². The summed E-state index contributed by atoms with van der Waals surface area (Å²) >= 11 is 0. The number of benzene rings is 1. The number of ether oxygens (including phenoxy) is 1. The zero-order valence-electron chi connectivity index (χ0n) is 20.1. The molecule has 182 valence electrons. The molecule has 0 amide bonds. The maximum absolute atomic E-state index is 12.0. The monoisotopic (exact) mass is 464 g/mol. The van der Waals surface area contributed by atoms with E-state index in [0.717, 1.165) is 25.7 Å². The molecule has 5 heteroatoms. The van der Waals surface area contributed by atoms with Crippen LogP contribution in [-0.4, -0.2) is 11.1 Å². The van der Waals surface area contributed by atoms with Crippen LogP contribution in [0.2, 0.25) is 0 Å². The second-order valence-corrected chi connectivity index (χ2v) is 8.08. The molecule has 2 rings (SSSR count). The Morgan fingerprint density at radius 1 is 0.882 bits per heavy atom. The van der Waals surface area contributed by atoms with Crippen molar-refractivity contribution in [1.82, 2.24) is 0 Å². The molecule has 0 saturated heterocycles. The molecule has 0 atom stereocenters. The van der Waals surface area contributed by atoms with Gasteiger partial charge in [-0.15, -0.1) is 0 Å². The van der Waals surface area contributed by atoms with Crippen LogP contribution >= 0.6 is 0 Å². The van der Waals surface area contributed by atoms with Gasteiger partial charge in [-0.2, -0.15) is 0 Å². The number of aromatic hydroxyl groups is 1. The van der Waals surface area contributed by atoms with Gasteiger partial charge in [-0.25, -0.2) is 4.79 Å². The molecular weight excluding hydrogens is 428 g/mol. The predicted octanol–water partition coefficient (Wildman–Crippen LogP) is 7.55. The highest BCUT2D eigenvalue weighted by Crippen LogP contribution is 2.21. The van der Waals surface area contributed by atoms with E-state index in [1.807, 2.05) is 6.08 Å². The highest BCUT2D eigenvalue weighted by Gasteiger charge is 2.11. The Bertz CT molecular complexity index is 1060. The topological polar surface area (TPSA) is 76.7 Å². The second-order valence-electron chi connectivity index (χ2n) is 8.08. The number of unbranched alkanes of at least 4 members (excludes halogenated alkanes) is 4. The molecule has 0 radical (unpaired) electrons. The standard InChI is InChI=1S/C29H36O5/c1-2-3-4-5-6-7-8-9-10-11-12-13-14-15-16-17-18-19-28(31)33-27-22-24-20-21-25(30)23-26(24)34-29(27)32/h6-7,9-10,12-13,15-16,20-23,30H,2-5,8,11,14,17-19H2,1H3/b7-6-,10-9-,13-12-,16-15-. The molecule has 2 aromatic rings. The Morgan fingerprint density at radius 3 is 2.15 bits per heavy atom. The van der Waals surface area contributed by atoms with Gasteiger partial charge in [0.25, 0.3) is 0 Å². The number of rotatable bonds is 15. The van der Waals surface area contributed by atoms with Gasteiger partial charge in [-0.1, -0.05) is 68.4 Å². The van der Waals surface area contributed by atoms with E-state index in [4.69, 9.17) is 9.15 Å². The van der Waals surface area contributed by atoms with E-state index in [1.165, 1.54) is 43.9 Å². The lowest BCUT2D eigenvalue weighted by Gasteiger charge is -2.04. The number of phenols is 1. The first-order chi connectivity index (χ1) is 16.6. The van der Waals surface area contributed by atoms with Crippen molar-refractivity contribution < 1.29 is 19.1 Å². The summed E-state index contributed by atoms with van der Waals surface area (Å²) in [4.78, 5) is 24.0. The first kappa shape index (κ1) is 26.9. The maximum atomic E-state index is 12.0. The third kappa shape index (κ3) is 11.0. The lowest BCUT2D eigenvalue weighted by molar-refractivity contribution is -0.134. The molecule has 1 heterocycles. The molecule has 34 heavy (non-hydrogen) atoms. The fourth-order valence-electron chi connectivity index (χ4n) is 3.25. The van der Waals surface area contributed by atoms with Crippen molar-refractivity contribution in [2.75, 3.05) is 0 Å². The summed E-state index contributed by atoms with van der Waals surface area (Å²) in [6.45, 7) is 2.22. The third-order valence-corrected chi connectivity index (χ3v) is 5.12. The number of allylic oxidation sites excluding steroid dienone is 8. The Morgan fingerprint density at radius 2 is 1.50 bits per heavy atom. The van der Waals surface area contributed by atoms with Crippen LogP contribution in [0.15, 0.2) is 82.1 Å². The van der Waals surface area contributed by atoms with Gasteiger partial charge in [0.05, 0.1) is 0 Å². The highest BCUT2D eigenvalue weighted by molar-refractivity contribution is 5.80. The van der Waals surface area contributed by atoms with Gasteiger partial charge in [0.1, 0.15) is 11.3 Å². The van der Waals surface area contributed by atoms with E-state index in [2.05, 4.69) is 49.5 Å². The average molecular weight is 465 g/mol. The van der Waals surface area contributed by atoms with Crippen LogP contribution in [-0.2, 0) is 4.79 Å². The number of hydrogen-bond acceptors (Lipinski definition) is 5. The lowest BCUT2D eigenvalue weighted by Crippen LogP contribution is -2.13. The van der Waals surface area contributed by atoms with Crippen molar-refractivity contribution in [1.29, 1.82) is 0 Å². The summed E-state index contributed by atoms with van der Waals surface area (Å²) in [5.41, 5.74) is -0.503. The molecule has 0 saturated carbocycles. The number of fused-ring (bicyclic) bond motifs is 1. The van der Waals surface area contributed by atoms with E-state index >= 15 is 0 Å². The largest absolute Gasteiger partial charge is 0.508 e. The van der Waals surface area contributed by atoms with E-state index in [9.17, 15) is 14.7 Å². The van der Waals surface area contributed by atoms with E-state index in [0.29, 0.717) is 11.8 Å². The average Bonchev–Trinajstić information content (AvgIpc) is 2.81. The van der Waals surface area contributed by atoms with Crippen LogP contribution in [0.4, 0.5) is 0 Å². The Labute approximate surface area is 202 Å². The van der Waals surface area contributed by atoms with Crippen molar-refractivity contribution >= 4 is 16.9 Å². The molecule has 0 aliphatic rings. The summed E-state index contributed by atoms with van der Waals surface area (Å²) in [7, 11) is 0. The van der Waals surface area contributed by atoms with Gasteiger partial charge >= 0.3 is 11.6 Å². The number of phenolic OH excluding ortho intramolecular Hbond substituents is 1. The molecule has 1 aromatic carbocycles. The number of carbonyl (C=O) groups is 1. The van der Waals surface area contributed by atoms with Gasteiger partial charge in [0, 0.05) is 17.9 Å². The molecule has 0 bridgehead atoms. The summed E-state index contributed by atoms with van der Waals surface area (Å²) in [6.07, 6.45) is 26.8. The Kier molecular flexibility index (Phi) is 12.9. The first-order valence-electron chi connectivity index (χ1n) is 12.2. The Balaban J connectivity index is 1.56. The fourth-order valence-corrected chi connectivity index (χ4v) is 3.25. The van der Waals surface area contributed by atoms with E-state index in [1.54, 1.807) is 6.07 Å². The maximum Gasteiger partial charge on any atom is 0.379 e. The summed E-state index contributed by atoms with van der Waals surface area (Å²) in [6, 6.07) is 5.86. The van der Waals surface area contributed by atoms with Gasteiger partial charge in [0.15, 0.2) is 0 Å². The Hall–Kier alpha value is -3.34. The van der Waals surface area contributed by atoms with Gasteiger partial charge in [0.2, 0.25) is 5.75 Å².